The van der Waals surface area contributed by atoms with Gasteiger partial charge in [0.15, 0.2) is 9.84 Å². The highest BCUT2D eigenvalue weighted by atomic mass is 32.2. The summed E-state index contributed by atoms with van der Waals surface area (Å²) < 4.78 is 30.0. The van der Waals surface area contributed by atoms with Gasteiger partial charge >= 0.3 is 0 Å². The molecule has 4 nitrogen and oxygen atoms in total. The fraction of sp³-hybridized carbons (Fsp3) is 0.500. The molecule has 0 amide bonds. The SMILES string of the molecule is COc1cccc2c1S(=O)(=O)C(C)C(C)C2N. The molecule has 1 aliphatic rings. The average molecular weight is 255 g/mol. The van der Waals surface area contributed by atoms with Crippen molar-refractivity contribution in [2.45, 2.75) is 30.0 Å². The van der Waals surface area contributed by atoms with E-state index in [9.17, 15) is 8.42 Å². The first-order valence-electron chi connectivity index (χ1n) is 5.57. The van der Waals surface area contributed by atoms with Crippen molar-refractivity contribution in [2.75, 3.05) is 7.11 Å². The summed E-state index contributed by atoms with van der Waals surface area (Å²) in [6.07, 6.45) is 0. The largest absolute Gasteiger partial charge is 0.495 e. The zero-order valence-electron chi connectivity index (χ0n) is 10.2. The molecule has 0 bridgehead atoms. The highest BCUT2D eigenvalue weighted by molar-refractivity contribution is 7.92. The Labute approximate surface area is 102 Å². The van der Waals surface area contributed by atoms with Crippen LogP contribution < -0.4 is 10.5 Å². The van der Waals surface area contributed by atoms with Gasteiger partial charge in [-0.1, -0.05) is 19.1 Å². The quantitative estimate of drug-likeness (QED) is 0.825. The summed E-state index contributed by atoms with van der Waals surface area (Å²) in [6, 6.07) is 4.93. The Morgan fingerprint density at radius 1 is 1.29 bits per heavy atom. The fourth-order valence-electron chi connectivity index (χ4n) is 2.30. The molecule has 1 aliphatic heterocycles. The minimum absolute atomic E-state index is 0.0976. The summed E-state index contributed by atoms with van der Waals surface area (Å²) in [4.78, 5) is 0.264. The van der Waals surface area contributed by atoms with E-state index in [2.05, 4.69) is 0 Å². The molecule has 3 atom stereocenters. The van der Waals surface area contributed by atoms with Crippen molar-refractivity contribution in [3.05, 3.63) is 23.8 Å². The molecule has 0 aliphatic carbocycles. The lowest BCUT2D eigenvalue weighted by Crippen LogP contribution is -2.39. The number of hydrogen-bond donors (Lipinski definition) is 1. The van der Waals surface area contributed by atoms with Crippen LogP contribution >= 0.6 is 0 Å². The van der Waals surface area contributed by atoms with E-state index in [0.29, 0.717) is 11.3 Å². The predicted molar refractivity (Wildman–Crippen MR) is 65.7 cm³/mol. The molecule has 17 heavy (non-hydrogen) atoms. The van der Waals surface area contributed by atoms with E-state index in [0.717, 1.165) is 0 Å². The van der Waals surface area contributed by atoms with E-state index in [-0.39, 0.29) is 16.9 Å². The second kappa shape index (κ2) is 3.99. The minimum atomic E-state index is -3.35. The standard InChI is InChI=1S/C12H17NO3S/c1-7-8(2)17(14,15)12-9(11(7)13)5-4-6-10(12)16-3/h4-8,11H,13H2,1-3H3. The number of hydrogen-bond acceptors (Lipinski definition) is 4. The molecule has 2 N–H and O–H groups in total. The maximum absolute atomic E-state index is 12.4. The van der Waals surface area contributed by atoms with Gasteiger partial charge in [-0.05, 0) is 24.5 Å². The van der Waals surface area contributed by atoms with Crippen molar-refractivity contribution in [2.24, 2.45) is 11.7 Å². The summed E-state index contributed by atoms with van der Waals surface area (Å²) in [7, 11) is -1.88. The minimum Gasteiger partial charge on any atom is -0.495 e. The molecule has 0 spiro atoms. The van der Waals surface area contributed by atoms with E-state index < -0.39 is 15.1 Å². The Morgan fingerprint density at radius 3 is 2.53 bits per heavy atom. The van der Waals surface area contributed by atoms with Gasteiger partial charge < -0.3 is 10.5 Å². The van der Waals surface area contributed by atoms with Crippen LogP contribution in [0.5, 0.6) is 5.75 Å². The van der Waals surface area contributed by atoms with Crippen molar-refractivity contribution < 1.29 is 13.2 Å². The van der Waals surface area contributed by atoms with Crippen LogP contribution in [0.15, 0.2) is 23.1 Å². The summed E-state index contributed by atoms with van der Waals surface area (Å²) in [5.74, 6) is 0.288. The first-order valence-corrected chi connectivity index (χ1v) is 7.12. The van der Waals surface area contributed by atoms with Gasteiger partial charge in [0, 0.05) is 6.04 Å². The number of fused-ring (bicyclic) bond motifs is 1. The Balaban J connectivity index is 2.78. The highest BCUT2D eigenvalue weighted by Crippen LogP contribution is 2.42. The van der Waals surface area contributed by atoms with Crippen LogP contribution in [-0.4, -0.2) is 20.8 Å². The molecule has 1 heterocycles. The van der Waals surface area contributed by atoms with Gasteiger partial charge in [0.25, 0.3) is 0 Å². The summed E-state index contributed by atoms with van der Waals surface area (Å²) >= 11 is 0. The molecular weight excluding hydrogens is 238 g/mol. The molecule has 3 unspecified atom stereocenters. The fourth-order valence-corrected chi connectivity index (χ4v) is 4.37. The Bertz CT molecular complexity index is 539. The number of rotatable bonds is 1. The second-order valence-corrected chi connectivity index (χ2v) is 6.76. The van der Waals surface area contributed by atoms with Crippen LogP contribution in [0.1, 0.15) is 25.5 Å². The smallest absolute Gasteiger partial charge is 0.185 e. The maximum Gasteiger partial charge on any atom is 0.185 e. The van der Waals surface area contributed by atoms with Crippen molar-refractivity contribution in [3.63, 3.8) is 0 Å². The Hall–Kier alpha value is -1.07. The molecule has 0 saturated heterocycles. The lowest BCUT2D eigenvalue weighted by atomic mass is 9.92. The molecule has 0 aromatic heterocycles. The van der Waals surface area contributed by atoms with Gasteiger partial charge in [0.1, 0.15) is 10.6 Å². The first-order chi connectivity index (χ1) is 7.91. The summed E-state index contributed by atoms with van der Waals surface area (Å²) in [5.41, 5.74) is 6.77. The molecule has 94 valence electrons. The highest BCUT2D eigenvalue weighted by Gasteiger charge is 2.41. The molecule has 5 heteroatoms. The molecule has 1 aromatic carbocycles. The normalized spacial score (nSPS) is 30.7. The van der Waals surface area contributed by atoms with Crippen LogP contribution in [0.25, 0.3) is 0 Å². The third-order valence-corrected chi connectivity index (χ3v) is 6.08. The summed E-state index contributed by atoms with van der Waals surface area (Å²) in [5, 5.41) is -0.485. The Morgan fingerprint density at radius 2 is 1.94 bits per heavy atom. The van der Waals surface area contributed by atoms with Crippen molar-refractivity contribution in [1.29, 1.82) is 0 Å². The summed E-state index contributed by atoms with van der Waals surface area (Å²) in [6.45, 7) is 3.57. The first kappa shape index (κ1) is 12.4. The third kappa shape index (κ3) is 1.65. The van der Waals surface area contributed by atoms with E-state index >= 15 is 0 Å². The zero-order valence-corrected chi connectivity index (χ0v) is 11.0. The molecule has 1 aromatic rings. The van der Waals surface area contributed by atoms with Gasteiger partial charge in [-0.3, -0.25) is 0 Å². The predicted octanol–water partition coefficient (Wildman–Crippen LogP) is 1.51. The molecule has 0 radical (unpaired) electrons. The van der Waals surface area contributed by atoms with Crippen molar-refractivity contribution in [3.8, 4) is 5.75 Å². The third-order valence-electron chi connectivity index (χ3n) is 3.67. The zero-order chi connectivity index (χ0) is 12.8. The van der Waals surface area contributed by atoms with E-state index in [1.165, 1.54) is 7.11 Å². The number of ether oxygens (including phenoxy) is 1. The number of methoxy groups -OCH3 is 1. The van der Waals surface area contributed by atoms with E-state index in [1.807, 2.05) is 6.92 Å². The number of nitrogens with two attached hydrogens (primary N) is 1. The number of benzene rings is 1. The molecular formula is C12H17NO3S. The Kier molecular flexibility index (Phi) is 2.91. The van der Waals surface area contributed by atoms with E-state index in [1.54, 1.807) is 25.1 Å². The lowest BCUT2D eigenvalue weighted by Gasteiger charge is -2.34. The number of sulfone groups is 1. The van der Waals surface area contributed by atoms with Crippen molar-refractivity contribution >= 4 is 9.84 Å². The van der Waals surface area contributed by atoms with Gasteiger partial charge in [0.2, 0.25) is 0 Å². The van der Waals surface area contributed by atoms with Gasteiger partial charge in [-0.2, -0.15) is 0 Å². The van der Waals surface area contributed by atoms with Gasteiger partial charge in [-0.25, -0.2) is 8.42 Å². The van der Waals surface area contributed by atoms with Crippen LogP contribution in [-0.2, 0) is 9.84 Å². The molecule has 0 saturated carbocycles. The molecule has 0 fully saturated rings. The van der Waals surface area contributed by atoms with Crippen molar-refractivity contribution in [1.82, 2.24) is 0 Å². The van der Waals surface area contributed by atoms with E-state index in [4.69, 9.17) is 10.5 Å². The molecule has 2 rings (SSSR count). The lowest BCUT2D eigenvalue weighted by molar-refractivity contribution is 0.383. The van der Waals surface area contributed by atoms with Crippen LogP contribution in [0.4, 0.5) is 0 Å². The topological polar surface area (TPSA) is 69.4 Å². The second-order valence-electron chi connectivity index (χ2n) is 4.51. The van der Waals surface area contributed by atoms with Gasteiger partial charge in [0.05, 0.1) is 12.4 Å². The van der Waals surface area contributed by atoms with Crippen LogP contribution in [0, 0.1) is 5.92 Å². The monoisotopic (exact) mass is 255 g/mol. The van der Waals surface area contributed by atoms with Crippen LogP contribution in [0.2, 0.25) is 0 Å². The van der Waals surface area contributed by atoms with Gasteiger partial charge in [-0.15, -0.1) is 0 Å². The average Bonchev–Trinajstić information content (AvgIpc) is 2.33. The van der Waals surface area contributed by atoms with Crippen LogP contribution in [0.3, 0.4) is 0 Å². The maximum atomic E-state index is 12.4.